The van der Waals surface area contributed by atoms with E-state index in [1.807, 2.05) is 0 Å². The highest BCUT2D eigenvalue weighted by molar-refractivity contribution is 6.31. The summed E-state index contributed by atoms with van der Waals surface area (Å²) in [5, 5.41) is -0.273. The normalized spacial score (nSPS) is 17.8. The number of hydrogen-bond donors (Lipinski definition) is 1. The molecule has 6 heteroatoms. The molecule has 0 spiro atoms. The van der Waals surface area contributed by atoms with E-state index in [2.05, 4.69) is 0 Å². The van der Waals surface area contributed by atoms with Crippen LogP contribution in [0.2, 0.25) is 5.02 Å². The number of halogens is 5. The highest BCUT2D eigenvalue weighted by Gasteiger charge is 2.34. The van der Waals surface area contributed by atoms with E-state index in [4.69, 9.17) is 17.3 Å². The van der Waals surface area contributed by atoms with Crippen LogP contribution in [0.3, 0.4) is 0 Å². The zero-order valence-electron chi connectivity index (χ0n) is 9.51. The van der Waals surface area contributed by atoms with Crippen LogP contribution in [0, 0.1) is 5.92 Å². The molecule has 0 unspecified atom stereocenters. The molecule has 0 aromatic heterocycles. The van der Waals surface area contributed by atoms with Gasteiger partial charge in [-0.15, -0.1) is 12.4 Å². The molecule has 1 fully saturated rings. The second-order valence-electron chi connectivity index (χ2n) is 4.45. The highest BCUT2D eigenvalue weighted by Crippen LogP contribution is 2.39. The lowest BCUT2D eigenvalue weighted by atomic mass is 9.77. The van der Waals surface area contributed by atoms with E-state index in [1.54, 1.807) is 0 Å². The van der Waals surface area contributed by atoms with Gasteiger partial charge in [0.1, 0.15) is 0 Å². The lowest BCUT2D eigenvalue weighted by Crippen LogP contribution is -2.26. The van der Waals surface area contributed by atoms with E-state index in [-0.39, 0.29) is 23.5 Å². The van der Waals surface area contributed by atoms with E-state index in [1.165, 1.54) is 12.1 Å². The molecule has 2 N–H and O–H groups in total. The molecule has 1 aliphatic rings. The van der Waals surface area contributed by atoms with Crippen molar-refractivity contribution in [2.24, 2.45) is 11.7 Å². The van der Waals surface area contributed by atoms with Crippen molar-refractivity contribution in [1.82, 2.24) is 0 Å². The quantitative estimate of drug-likeness (QED) is 0.850. The molecule has 0 radical (unpaired) electrons. The molecule has 0 bridgehead atoms. The summed E-state index contributed by atoms with van der Waals surface area (Å²) >= 11 is 5.65. The van der Waals surface area contributed by atoms with E-state index in [9.17, 15) is 13.2 Å². The second kappa shape index (κ2) is 5.68. The first-order valence-corrected chi connectivity index (χ1v) is 5.89. The third-order valence-corrected chi connectivity index (χ3v) is 3.65. The van der Waals surface area contributed by atoms with Gasteiger partial charge in [-0.1, -0.05) is 24.1 Å². The summed E-state index contributed by atoms with van der Waals surface area (Å²) in [7, 11) is 0. The monoisotopic (exact) mass is 299 g/mol. The van der Waals surface area contributed by atoms with Gasteiger partial charge in [0.2, 0.25) is 0 Å². The third-order valence-electron chi connectivity index (χ3n) is 3.34. The van der Waals surface area contributed by atoms with E-state index < -0.39 is 11.7 Å². The Hall–Kier alpha value is -0.450. The van der Waals surface area contributed by atoms with Crippen LogP contribution in [-0.4, -0.2) is 0 Å². The minimum Gasteiger partial charge on any atom is -0.324 e. The van der Waals surface area contributed by atoms with Gasteiger partial charge in [0, 0.05) is 6.04 Å². The average Bonchev–Trinajstić information content (AvgIpc) is 2.12. The first-order valence-electron chi connectivity index (χ1n) is 5.52. The number of benzene rings is 1. The lowest BCUT2D eigenvalue weighted by Gasteiger charge is -2.31. The van der Waals surface area contributed by atoms with Crippen molar-refractivity contribution < 1.29 is 13.2 Å². The minimum absolute atomic E-state index is 0. The fourth-order valence-electron chi connectivity index (χ4n) is 2.04. The zero-order chi connectivity index (χ0) is 12.6. The maximum Gasteiger partial charge on any atom is 0.417 e. The maximum absolute atomic E-state index is 12.5. The van der Waals surface area contributed by atoms with Gasteiger partial charge in [-0.3, -0.25) is 0 Å². The molecular formula is C12H14Cl2F3N. The fourth-order valence-corrected chi connectivity index (χ4v) is 2.34. The Bertz CT molecular complexity index is 416. The molecule has 1 nitrogen and oxygen atoms in total. The van der Waals surface area contributed by atoms with Crippen LogP contribution < -0.4 is 5.73 Å². The highest BCUT2D eigenvalue weighted by atomic mass is 35.5. The van der Waals surface area contributed by atoms with Crippen molar-refractivity contribution in [3.8, 4) is 0 Å². The number of rotatable bonds is 2. The predicted octanol–water partition coefficient (Wildman–Crippen LogP) is 4.58. The molecule has 0 amide bonds. The Labute approximate surface area is 115 Å². The van der Waals surface area contributed by atoms with Crippen molar-refractivity contribution in [3.05, 3.63) is 34.3 Å². The van der Waals surface area contributed by atoms with Crippen LogP contribution in [0.25, 0.3) is 0 Å². The summed E-state index contributed by atoms with van der Waals surface area (Å²) in [6.45, 7) is 0. The Morgan fingerprint density at radius 1 is 1.28 bits per heavy atom. The number of nitrogens with two attached hydrogens (primary N) is 1. The van der Waals surface area contributed by atoms with Gasteiger partial charge in [0.05, 0.1) is 10.6 Å². The molecule has 102 valence electrons. The summed E-state index contributed by atoms with van der Waals surface area (Å²) in [6.07, 6.45) is -1.18. The summed E-state index contributed by atoms with van der Waals surface area (Å²) < 4.78 is 37.5. The van der Waals surface area contributed by atoms with Crippen molar-refractivity contribution in [2.45, 2.75) is 31.5 Å². The first kappa shape index (κ1) is 15.6. The summed E-state index contributed by atoms with van der Waals surface area (Å²) in [4.78, 5) is 0. The van der Waals surface area contributed by atoms with Gasteiger partial charge < -0.3 is 5.73 Å². The van der Waals surface area contributed by atoms with Gasteiger partial charge in [0.15, 0.2) is 0 Å². The van der Waals surface area contributed by atoms with E-state index in [0.717, 1.165) is 25.3 Å². The van der Waals surface area contributed by atoms with Crippen molar-refractivity contribution in [2.75, 3.05) is 0 Å². The topological polar surface area (TPSA) is 26.0 Å². The molecular weight excluding hydrogens is 286 g/mol. The van der Waals surface area contributed by atoms with Crippen molar-refractivity contribution >= 4 is 24.0 Å². The maximum atomic E-state index is 12.5. The van der Waals surface area contributed by atoms with Crippen LogP contribution in [0.4, 0.5) is 13.2 Å². The molecule has 1 aliphatic carbocycles. The molecule has 2 rings (SSSR count). The molecule has 1 atom stereocenters. The molecule has 0 saturated heterocycles. The second-order valence-corrected chi connectivity index (χ2v) is 4.86. The standard InChI is InChI=1S/C12H13ClF3N.ClH/c13-10-6-8(11(17)7-2-1-3-7)4-5-9(10)12(14,15)16;/h4-7,11H,1-3,17H2;1H/t11-;/m1./s1. The molecule has 1 saturated carbocycles. The van der Waals surface area contributed by atoms with E-state index >= 15 is 0 Å². The molecule has 18 heavy (non-hydrogen) atoms. The van der Waals surface area contributed by atoms with Crippen molar-refractivity contribution in [3.63, 3.8) is 0 Å². The Kier molecular flexibility index (Phi) is 4.92. The SMILES string of the molecule is Cl.N[C@@H](c1ccc(C(F)(F)F)c(Cl)c1)C1CCC1. The Balaban J connectivity index is 0.00000162. The molecule has 1 aromatic carbocycles. The molecule has 0 heterocycles. The summed E-state index contributed by atoms with van der Waals surface area (Å²) in [5.74, 6) is 0.378. The minimum atomic E-state index is -4.41. The van der Waals surface area contributed by atoms with Gasteiger partial charge in [-0.25, -0.2) is 0 Å². The van der Waals surface area contributed by atoms with Crippen LogP contribution in [0.5, 0.6) is 0 Å². The summed E-state index contributed by atoms with van der Waals surface area (Å²) in [5.41, 5.74) is 5.87. The smallest absolute Gasteiger partial charge is 0.324 e. The van der Waals surface area contributed by atoms with Crippen LogP contribution in [0.1, 0.15) is 36.4 Å². The average molecular weight is 300 g/mol. The summed E-state index contributed by atoms with van der Waals surface area (Å²) in [6, 6.07) is 3.57. The largest absolute Gasteiger partial charge is 0.417 e. The van der Waals surface area contributed by atoms with Crippen LogP contribution >= 0.6 is 24.0 Å². The predicted molar refractivity (Wildman–Crippen MR) is 68.0 cm³/mol. The Morgan fingerprint density at radius 2 is 1.89 bits per heavy atom. The van der Waals surface area contributed by atoms with E-state index in [0.29, 0.717) is 11.5 Å². The van der Waals surface area contributed by atoms with Gasteiger partial charge in [-0.2, -0.15) is 13.2 Å². The lowest BCUT2D eigenvalue weighted by molar-refractivity contribution is -0.137. The fraction of sp³-hybridized carbons (Fsp3) is 0.500. The van der Waals surface area contributed by atoms with Gasteiger partial charge in [0.25, 0.3) is 0 Å². The number of hydrogen-bond acceptors (Lipinski definition) is 1. The third kappa shape index (κ3) is 3.11. The van der Waals surface area contributed by atoms with Crippen molar-refractivity contribution in [1.29, 1.82) is 0 Å². The van der Waals surface area contributed by atoms with Crippen LogP contribution in [0.15, 0.2) is 18.2 Å². The van der Waals surface area contributed by atoms with Gasteiger partial charge in [-0.05, 0) is 36.5 Å². The first-order chi connectivity index (χ1) is 7.89. The van der Waals surface area contributed by atoms with Gasteiger partial charge >= 0.3 is 6.18 Å². The Morgan fingerprint density at radius 3 is 2.28 bits per heavy atom. The molecule has 0 aliphatic heterocycles. The molecule has 1 aromatic rings. The van der Waals surface area contributed by atoms with Crippen LogP contribution in [-0.2, 0) is 6.18 Å². The number of alkyl halides is 3. The zero-order valence-corrected chi connectivity index (χ0v) is 11.1.